The van der Waals surface area contributed by atoms with Gasteiger partial charge in [0, 0.05) is 37.8 Å². The summed E-state index contributed by atoms with van der Waals surface area (Å²) in [7, 11) is 0. The lowest BCUT2D eigenvalue weighted by molar-refractivity contribution is -0.384. The summed E-state index contributed by atoms with van der Waals surface area (Å²) in [5.41, 5.74) is 0.803. The molecule has 24 heavy (non-hydrogen) atoms. The number of anilines is 2. The van der Waals surface area contributed by atoms with Crippen molar-refractivity contribution in [2.45, 2.75) is 6.92 Å². The zero-order valence-electron chi connectivity index (χ0n) is 13.0. The predicted octanol–water partition coefficient (Wildman–Crippen LogP) is 2.29. The van der Waals surface area contributed by atoms with Crippen LogP contribution in [0.25, 0.3) is 0 Å². The van der Waals surface area contributed by atoms with Crippen LogP contribution in [-0.4, -0.2) is 47.0 Å². The van der Waals surface area contributed by atoms with Crippen LogP contribution in [0.4, 0.5) is 16.5 Å². The van der Waals surface area contributed by atoms with Gasteiger partial charge in [-0.05, 0) is 19.1 Å². The van der Waals surface area contributed by atoms with E-state index in [4.69, 9.17) is 0 Å². The average molecular weight is 348 g/mol. The van der Waals surface area contributed by atoms with E-state index >= 15 is 0 Å². The summed E-state index contributed by atoms with van der Waals surface area (Å²) < 4.78 is 0. The number of thiazole rings is 1. The molecule has 1 aliphatic rings. The molecule has 0 unspecified atom stereocenters. The number of nitro groups is 1. The molecule has 0 aliphatic carbocycles. The molecule has 9 heteroatoms. The van der Waals surface area contributed by atoms with Crippen LogP contribution in [0.15, 0.2) is 23.6 Å². The first-order valence-corrected chi connectivity index (χ1v) is 8.27. The van der Waals surface area contributed by atoms with E-state index in [1.165, 1.54) is 24.3 Å². The van der Waals surface area contributed by atoms with E-state index in [1.807, 2.05) is 9.80 Å². The Morgan fingerprint density at radius 3 is 2.50 bits per heavy atom. The number of ketones is 1. The fraction of sp³-hybridized carbons (Fsp3) is 0.333. The maximum absolute atomic E-state index is 11.4. The van der Waals surface area contributed by atoms with Gasteiger partial charge in [-0.25, -0.2) is 0 Å². The third-order valence-corrected chi connectivity index (χ3v) is 4.84. The Kier molecular flexibility index (Phi) is 4.34. The number of nitro benzene ring substituents is 1. The van der Waals surface area contributed by atoms with Crippen LogP contribution in [0.2, 0.25) is 0 Å². The quantitative estimate of drug-likeness (QED) is 0.514. The van der Waals surface area contributed by atoms with Gasteiger partial charge in [0.1, 0.15) is 5.69 Å². The van der Waals surface area contributed by atoms with Gasteiger partial charge < -0.3 is 14.9 Å². The van der Waals surface area contributed by atoms with Crippen LogP contribution in [0.5, 0.6) is 5.88 Å². The van der Waals surface area contributed by atoms with E-state index in [2.05, 4.69) is 4.98 Å². The highest BCUT2D eigenvalue weighted by Crippen LogP contribution is 2.31. The standard InChI is InChI=1S/C15H16N4O4S/c1-10(20)11-2-3-12(13(8-11)19(22)23)17-4-6-18(7-5-17)15-16-14(21)9-24-15/h2-3,8-9,21H,4-7H2,1H3. The summed E-state index contributed by atoms with van der Waals surface area (Å²) in [6.07, 6.45) is 0. The largest absolute Gasteiger partial charge is 0.493 e. The second-order valence-electron chi connectivity index (χ2n) is 5.48. The van der Waals surface area contributed by atoms with Crippen LogP contribution in [0.3, 0.4) is 0 Å². The topological polar surface area (TPSA) is 99.8 Å². The number of carbonyl (C=O) groups is 1. The first-order valence-electron chi connectivity index (χ1n) is 7.39. The first-order chi connectivity index (χ1) is 11.5. The summed E-state index contributed by atoms with van der Waals surface area (Å²) in [4.78, 5) is 30.4. The summed E-state index contributed by atoms with van der Waals surface area (Å²) in [5.74, 6) is -0.189. The molecule has 1 fully saturated rings. The third kappa shape index (κ3) is 3.16. The van der Waals surface area contributed by atoms with Crippen molar-refractivity contribution in [1.82, 2.24) is 4.98 Å². The van der Waals surface area contributed by atoms with Crippen molar-refractivity contribution in [2.75, 3.05) is 36.0 Å². The van der Waals surface area contributed by atoms with Crippen molar-refractivity contribution < 1.29 is 14.8 Å². The van der Waals surface area contributed by atoms with Gasteiger partial charge in [-0.3, -0.25) is 14.9 Å². The minimum absolute atomic E-state index is 0.00730. The zero-order valence-corrected chi connectivity index (χ0v) is 13.8. The molecule has 1 N–H and O–H groups in total. The van der Waals surface area contributed by atoms with E-state index in [9.17, 15) is 20.0 Å². The first kappa shape index (κ1) is 16.2. The number of aromatic hydroxyl groups is 1. The van der Waals surface area contributed by atoms with E-state index in [0.717, 1.165) is 5.13 Å². The molecular weight excluding hydrogens is 332 g/mol. The molecule has 1 saturated heterocycles. The Hall–Kier alpha value is -2.68. The Morgan fingerprint density at radius 2 is 1.96 bits per heavy atom. The molecule has 0 bridgehead atoms. The highest BCUT2D eigenvalue weighted by Gasteiger charge is 2.25. The monoisotopic (exact) mass is 348 g/mol. The zero-order chi connectivity index (χ0) is 17.3. The Morgan fingerprint density at radius 1 is 1.29 bits per heavy atom. The Bertz CT molecular complexity index is 784. The van der Waals surface area contributed by atoms with Crippen LogP contribution >= 0.6 is 11.3 Å². The van der Waals surface area contributed by atoms with Gasteiger partial charge in [0.25, 0.3) is 5.69 Å². The molecule has 0 saturated carbocycles. The predicted molar refractivity (Wildman–Crippen MR) is 91.3 cm³/mol. The van der Waals surface area contributed by atoms with Gasteiger partial charge in [-0.2, -0.15) is 4.98 Å². The molecule has 2 aromatic rings. The van der Waals surface area contributed by atoms with Crippen LogP contribution in [0.1, 0.15) is 17.3 Å². The van der Waals surface area contributed by atoms with E-state index in [-0.39, 0.29) is 17.4 Å². The van der Waals surface area contributed by atoms with Crippen molar-refractivity contribution in [3.8, 4) is 5.88 Å². The number of nitrogens with zero attached hydrogens (tertiary/aromatic N) is 4. The number of aromatic nitrogens is 1. The lowest BCUT2D eigenvalue weighted by Gasteiger charge is -2.35. The van der Waals surface area contributed by atoms with Gasteiger partial charge in [-0.15, -0.1) is 11.3 Å². The maximum Gasteiger partial charge on any atom is 0.293 e. The number of hydrogen-bond donors (Lipinski definition) is 1. The number of rotatable bonds is 4. The third-order valence-electron chi connectivity index (χ3n) is 3.95. The smallest absolute Gasteiger partial charge is 0.293 e. The summed E-state index contributed by atoms with van der Waals surface area (Å²) in [5, 5.41) is 23.0. The van der Waals surface area contributed by atoms with Gasteiger partial charge in [0.2, 0.25) is 5.88 Å². The fourth-order valence-corrected chi connectivity index (χ4v) is 3.44. The number of carbonyl (C=O) groups excluding carboxylic acids is 1. The molecule has 0 atom stereocenters. The molecule has 2 heterocycles. The lowest BCUT2D eigenvalue weighted by atomic mass is 10.1. The van der Waals surface area contributed by atoms with E-state index < -0.39 is 4.92 Å². The van der Waals surface area contributed by atoms with Crippen LogP contribution < -0.4 is 9.80 Å². The number of Topliss-reactive ketones (excluding diaryl/α,β-unsaturated/α-hetero) is 1. The molecule has 0 radical (unpaired) electrons. The number of benzene rings is 1. The number of piperazine rings is 1. The Labute approximate surface area is 142 Å². The van der Waals surface area contributed by atoms with E-state index in [0.29, 0.717) is 37.4 Å². The second kappa shape index (κ2) is 6.44. The average Bonchev–Trinajstić information content (AvgIpc) is 3.01. The highest BCUT2D eigenvalue weighted by molar-refractivity contribution is 7.13. The minimum Gasteiger partial charge on any atom is -0.493 e. The summed E-state index contributed by atoms with van der Waals surface area (Å²) >= 11 is 1.37. The van der Waals surface area contributed by atoms with Crippen molar-refractivity contribution >= 4 is 33.6 Å². The Balaban J connectivity index is 1.78. The van der Waals surface area contributed by atoms with Gasteiger partial charge in [0.05, 0.1) is 10.3 Å². The molecular formula is C15H16N4O4S. The summed E-state index contributed by atoms with van der Waals surface area (Å²) in [6, 6.07) is 4.60. The second-order valence-corrected chi connectivity index (χ2v) is 6.32. The lowest BCUT2D eigenvalue weighted by Crippen LogP contribution is -2.46. The molecule has 1 aromatic heterocycles. The SMILES string of the molecule is CC(=O)c1ccc(N2CCN(c3nc(O)cs3)CC2)c([N+](=O)[O-])c1. The van der Waals surface area contributed by atoms with Crippen molar-refractivity contribution in [2.24, 2.45) is 0 Å². The molecule has 0 amide bonds. The minimum atomic E-state index is -0.451. The molecule has 3 rings (SSSR count). The molecule has 1 aliphatic heterocycles. The molecule has 126 valence electrons. The molecule has 8 nitrogen and oxygen atoms in total. The maximum atomic E-state index is 11.4. The van der Waals surface area contributed by atoms with Gasteiger partial charge >= 0.3 is 0 Å². The molecule has 1 aromatic carbocycles. The number of hydrogen-bond acceptors (Lipinski definition) is 8. The van der Waals surface area contributed by atoms with Crippen molar-refractivity contribution in [3.05, 3.63) is 39.3 Å². The van der Waals surface area contributed by atoms with Crippen molar-refractivity contribution in [1.29, 1.82) is 0 Å². The van der Waals surface area contributed by atoms with Crippen LogP contribution in [-0.2, 0) is 0 Å². The van der Waals surface area contributed by atoms with E-state index in [1.54, 1.807) is 17.5 Å². The van der Waals surface area contributed by atoms with Crippen LogP contribution in [0, 0.1) is 10.1 Å². The summed E-state index contributed by atoms with van der Waals surface area (Å²) in [6.45, 7) is 3.89. The van der Waals surface area contributed by atoms with Gasteiger partial charge in [-0.1, -0.05) is 0 Å². The van der Waals surface area contributed by atoms with Crippen molar-refractivity contribution in [3.63, 3.8) is 0 Å². The molecule has 0 spiro atoms. The van der Waals surface area contributed by atoms with Gasteiger partial charge in [0.15, 0.2) is 10.9 Å². The fourth-order valence-electron chi connectivity index (χ4n) is 2.70. The normalized spacial score (nSPS) is 14.7. The highest BCUT2D eigenvalue weighted by atomic mass is 32.1.